The van der Waals surface area contributed by atoms with Gasteiger partial charge >= 0.3 is 5.97 Å². The standard InChI is InChI=1S/C10H16O2/c1-4-8(2)7-9(3)5-6-10(11)12/h5-8H,4H2,1-3H3,(H,11,12)/b6-5+,9-7+/t8-/m1/s1. The highest BCUT2D eigenvalue weighted by Crippen LogP contribution is 2.07. The van der Waals surface area contributed by atoms with Crippen LogP contribution in [-0.2, 0) is 4.79 Å². The van der Waals surface area contributed by atoms with Crippen molar-refractivity contribution in [2.24, 2.45) is 5.92 Å². The van der Waals surface area contributed by atoms with Crippen LogP contribution in [0.2, 0.25) is 0 Å². The minimum Gasteiger partial charge on any atom is -0.478 e. The number of carboxylic acids is 1. The van der Waals surface area contributed by atoms with Crippen molar-refractivity contribution >= 4 is 5.97 Å². The highest BCUT2D eigenvalue weighted by atomic mass is 16.4. The van der Waals surface area contributed by atoms with Crippen LogP contribution in [-0.4, -0.2) is 11.1 Å². The third kappa shape index (κ3) is 5.71. The minimum absolute atomic E-state index is 0.517. The van der Waals surface area contributed by atoms with Crippen molar-refractivity contribution in [2.75, 3.05) is 0 Å². The number of hydrogen-bond acceptors (Lipinski definition) is 1. The molecule has 0 aromatic heterocycles. The Hall–Kier alpha value is -1.05. The maximum Gasteiger partial charge on any atom is 0.328 e. The van der Waals surface area contributed by atoms with E-state index in [4.69, 9.17) is 5.11 Å². The lowest BCUT2D eigenvalue weighted by Crippen LogP contribution is -1.89. The second-order valence-corrected chi connectivity index (χ2v) is 2.97. The molecule has 0 rings (SSSR count). The number of carboxylic acid groups (broad SMARTS) is 1. The second-order valence-electron chi connectivity index (χ2n) is 2.97. The zero-order valence-corrected chi connectivity index (χ0v) is 7.87. The van der Waals surface area contributed by atoms with Crippen LogP contribution in [0.1, 0.15) is 27.2 Å². The Morgan fingerprint density at radius 2 is 2.08 bits per heavy atom. The van der Waals surface area contributed by atoms with Crippen LogP contribution in [0.25, 0.3) is 0 Å². The number of carbonyl (C=O) groups is 1. The summed E-state index contributed by atoms with van der Waals surface area (Å²) in [7, 11) is 0. The van der Waals surface area contributed by atoms with Crippen LogP contribution in [0.5, 0.6) is 0 Å². The first-order valence-corrected chi connectivity index (χ1v) is 4.15. The Bertz CT molecular complexity index is 202. The van der Waals surface area contributed by atoms with E-state index in [2.05, 4.69) is 19.9 Å². The summed E-state index contributed by atoms with van der Waals surface area (Å²) in [6.45, 7) is 6.12. The normalized spacial score (nSPS) is 15.1. The van der Waals surface area contributed by atoms with Gasteiger partial charge in [0, 0.05) is 6.08 Å². The molecule has 2 nitrogen and oxygen atoms in total. The van der Waals surface area contributed by atoms with E-state index in [9.17, 15) is 4.79 Å². The van der Waals surface area contributed by atoms with Crippen molar-refractivity contribution in [1.82, 2.24) is 0 Å². The summed E-state index contributed by atoms with van der Waals surface area (Å²) in [5, 5.41) is 8.34. The monoisotopic (exact) mass is 168 g/mol. The fraction of sp³-hybridized carbons (Fsp3) is 0.500. The van der Waals surface area contributed by atoms with Crippen molar-refractivity contribution in [3.05, 3.63) is 23.8 Å². The Morgan fingerprint density at radius 3 is 2.50 bits per heavy atom. The SMILES string of the molecule is CC[C@@H](C)/C=C(C)/C=C/C(=O)O. The summed E-state index contributed by atoms with van der Waals surface area (Å²) in [5.74, 6) is -0.379. The van der Waals surface area contributed by atoms with Crippen LogP contribution < -0.4 is 0 Å². The number of hydrogen-bond donors (Lipinski definition) is 1. The average Bonchev–Trinajstić information content (AvgIpc) is 2.00. The van der Waals surface area contributed by atoms with Gasteiger partial charge in [0.15, 0.2) is 0 Å². The highest BCUT2D eigenvalue weighted by molar-refractivity contribution is 5.80. The van der Waals surface area contributed by atoms with Gasteiger partial charge in [-0.25, -0.2) is 4.79 Å². The van der Waals surface area contributed by atoms with Gasteiger partial charge < -0.3 is 5.11 Å². The predicted octanol–water partition coefficient (Wildman–Crippen LogP) is 2.62. The maximum atomic E-state index is 10.1. The van der Waals surface area contributed by atoms with Gasteiger partial charge in [0.05, 0.1) is 0 Å². The third-order valence-electron chi connectivity index (χ3n) is 1.68. The summed E-state index contributed by atoms with van der Waals surface area (Å²) in [4.78, 5) is 10.1. The van der Waals surface area contributed by atoms with Gasteiger partial charge in [-0.3, -0.25) is 0 Å². The quantitative estimate of drug-likeness (QED) is 0.517. The van der Waals surface area contributed by atoms with E-state index in [0.717, 1.165) is 18.1 Å². The molecule has 0 aromatic rings. The van der Waals surface area contributed by atoms with Crippen molar-refractivity contribution in [1.29, 1.82) is 0 Å². The molecule has 0 aliphatic carbocycles. The van der Waals surface area contributed by atoms with E-state index < -0.39 is 5.97 Å². The zero-order valence-electron chi connectivity index (χ0n) is 7.87. The fourth-order valence-electron chi connectivity index (χ4n) is 0.825. The molecule has 0 radical (unpaired) electrons. The number of aliphatic carboxylic acids is 1. The Kier molecular flexibility index (Phi) is 5.09. The third-order valence-corrected chi connectivity index (χ3v) is 1.68. The van der Waals surface area contributed by atoms with Gasteiger partial charge in [0.1, 0.15) is 0 Å². The van der Waals surface area contributed by atoms with Crippen LogP contribution in [0, 0.1) is 5.92 Å². The molecule has 0 saturated carbocycles. The fourth-order valence-corrected chi connectivity index (χ4v) is 0.825. The molecule has 0 saturated heterocycles. The average molecular weight is 168 g/mol. The van der Waals surface area contributed by atoms with Gasteiger partial charge in [-0.05, 0) is 12.8 Å². The molecule has 0 amide bonds. The Morgan fingerprint density at radius 1 is 1.50 bits per heavy atom. The number of rotatable bonds is 4. The molecule has 68 valence electrons. The van der Waals surface area contributed by atoms with Crippen molar-refractivity contribution < 1.29 is 9.90 Å². The lowest BCUT2D eigenvalue weighted by molar-refractivity contribution is -0.131. The lowest BCUT2D eigenvalue weighted by atomic mass is 10.1. The Labute approximate surface area is 73.6 Å². The molecule has 12 heavy (non-hydrogen) atoms. The van der Waals surface area contributed by atoms with Gasteiger partial charge in [0.2, 0.25) is 0 Å². The van der Waals surface area contributed by atoms with Gasteiger partial charge in [-0.15, -0.1) is 0 Å². The van der Waals surface area contributed by atoms with Crippen LogP contribution in [0.15, 0.2) is 23.8 Å². The first kappa shape index (κ1) is 11.0. The highest BCUT2D eigenvalue weighted by Gasteiger charge is 1.93. The summed E-state index contributed by atoms with van der Waals surface area (Å²) in [5.41, 5.74) is 1.01. The van der Waals surface area contributed by atoms with E-state index in [1.807, 2.05) is 6.92 Å². The van der Waals surface area contributed by atoms with Crippen LogP contribution >= 0.6 is 0 Å². The van der Waals surface area contributed by atoms with Gasteiger partial charge in [0.25, 0.3) is 0 Å². The number of allylic oxidation sites excluding steroid dienone is 3. The van der Waals surface area contributed by atoms with Crippen molar-refractivity contribution in [2.45, 2.75) is 27.2 Å². The predicted molar refractivity (Wildman–Crippen MR) is 50.0 cm³/mol. The van der Waals surface area contributed by atoms with E-state index in [1.54, 1.807) is 6.08 Å². The molecule has 0 bridgehead atoms. The molecule has 1 atom stereocenters. The van der Waals surface area contributed by atoms with E-state index in [0.29, 0.717) is 5.92 Å². The molecule has 1 N–H and O–H groups in total. The van der Waals surface area contributed by atoms with Crippen LogP contribution in [0.3, 0.4) is 0 Å². The minimum atomic E-state index is -0.896. The molecule has 2 heteroatoms. The molecule has 0 spiro atoms. The summed E-state index contributed by atoms with van der Waals surface area (Å²) in [6.07, 6.45) is 5.93. The molecule has 0 aliphatic rings. The van der Waals surface area contributed by atoms with E-state index in [-0.39, 0.29) is 0 Å². The van der Waals surface area contributed by atoms with Crippen LogP contribution in [0.4, 0.5) is 0 Å². The second kappa shape index (κ2) is 5.58. The topological polar surface area (TPSA) is 37.3 Å². The molecule has 0 heterocycles. The van der Waals surface area contributed by atoms with Gasteiger partial charge in [-0.2, -0.15) is 0 Å². The first-order valence-electron chi connectivity index (χ1n) is 4.15. The zero-order chi connectivity index (χ0) is 9.56. The molecule has 0 aliphatic heterocycles. The Balaban J connectivity index is 4.10. The first-order chi connectivity index (χ1) is 5.56. The molecule has 0 aromatic carbocycles. The largest absolute Gasteiger partial charge is 0.478 e. The molecule has 0 unspecified atom stereocenters. The van der Waals surface area contributed by atoms with Crippen molar-refractivity contribution in [3.63, 3.8) is 0 Å². The summed E-state index contributed by atoms with van der Waals surface area (Å²) >= 11 is 0. The summed E-state index contributed by atoms with van der Waals surface area (Å²) < 4.78 is 0. The molecular weight excluding hydrogens is 152 g/mol. The van der Waals surface area contributed by atoms with E-state index >= 15 is 0 Å². The van der Waals surface area contributed by atoms with E-state index in [1.165, 1.54) is 0 Å². The van der Waals surface area contributed by atoms with Gasteiger partial charge in [-0.1, -0.05) is 38.0 Å². The van der Waals surface area contributed by atoms with Crippen molar-refractivity contribution in [3.8, 4) is 0 Å². The summed E-state index contributed by atoms with van der Waals surface area (Å²) in [6, 6.07) is 0. The smallest absolute Gasteiger partial charge is 0.328 e. The maximum absolute atomic E-state index is 10.1. The molecular formula is C10H16O2. The molecule has 0 fully saturated rings. The lowest BCUT2D eigenvalue weighted by Gasteiger charge is -2.00.